The van der Waals surface area contributed by atoms with Gasteiger partial charge in [-0.2, -0.15) is 0 Å². The number of nitrogens with two attached hydrogens (primary N) is 1. The van der Waals surface area contributed by atoms with E-state index in [4.69, 9.17) is 5.73 Å². The summed E-state index contributed by atoms with van der Waals surface area (Å²) in [7, 11) is 0. The van der Waals surface area contributed by atoms with Crippen LogP contribution in [0.2, 0.25) is 0 Å². The first-order chi connectivity index (χ1) is 14.0. The van der Waals surface area contributed by atoms with Gasteiger partial charge in [0.1, 0.15) is 0 Å². The van der Waals surface area contributed by atoms with Gasteiger partial charge in [-0.25, -0.2) is 4.79 Å². The van der Waals surface area contributed by atoms with E-state index < -0.39 is 0 Å². The highest BCUT2D eigenvalue weighted by Crippen LogP contribution is 2.33. The number of likely N-dealkylation sites (tertiary alicyclic amines) is 1. The molecule has 2 aliphatic rings. The van der Waals surface area contributed by atoms with Gasteiger partial charge >= 0.3 is 6.03 Å². The van der Waals surface area contributed by atoms with E-state index in [0.29, 0.717) is 19.6 Å². The molecule has 6 nitrogen and oxygen atoms in total. The zero-order valence-corrected chi connectivity index (χ0v) is 16.9. The lowest BCUT2D eigenvalue weighted by atomic mass is 9.93. The third-order valence-corrected chi connectivity index (χ3v) is 5.88. The fourth-order valence-corrected chi connectivity index (χ4v) is 4.39. The molecule has 4 rings (SSSR count). The molecule has 0 aromatic heterocycles. The Labute approximate surface area is 171 Å². The number of benzene rings is 2. The van der Waals surface area contributed by atoms with Crippen molar-refractivity contribution in [2.45, 2.75) is 32.6 Å². The highest BCUT2D eigenvalue weighted by molar-refractivity contribution is 5.98. The van der Waals surface area contributed by atoms with Gasteiger partial charge in [0.15, 0.2) is 0 Å². The Hall–Kier alpha value is -3.02. The first-order valence-electron chi connectivity index (χ1n) is 10.3. The largest absolute Gasteiger partial charge is 0.398 e. The molecule has 3 N–H and O–H groups in total. The minimum atomic E-state index is -0.181. The molecule has 6 heteroatoms. The maximum atomic E-state index is 13.3. The summed E-state index contributed by atoms with van der Waals surface area (Å²) in [5.41, 5.74) is 10.8. The first kappa shape index (κ1) is 19.3. The summed E-state index contributed by atoms with van der Waals surface area (Å²) in [6.45, 7) is 3.82. The number of nitrogens with one attached hydrogen (secondary N) is 1. The topological polar surface area (TPSA) is 78.7 Å². The van der Waals surface area contributed by atoms with Crippen LogP contribution >= 0.6 is 0 Å². The summed E-state index contributed by atoms with van der Waals surface area (Å²) in [5.74, 6) is -0.0796. The molecule has 0 bridgehead atoms. The summed E-state index contributed by atoms with van der Waals surface area (Å²) < 4.78 is 0. The van der Waals surface area contributed by atoms with Gasteiger partial charge in [-0.1, -0.05) is 18.2 Å². The molecule has 2 aromatic rings. The van der Waals surface area contributed by atoms with Gasteiger partial charge in [-0.15, -0.1) is 0 Å². The number of nitrogen functional groups attached to an aromatic ring is 1. The van der Waals surface area contributed by atoms with E-state index in [1.165, 1.54) is 0 Å². The zero-order valence-electron chi connectivity index (χ0n) is 16.9. The number of amides is 3. The minimum Gasteiger partial charge on any atom is -0.398 e. The number of aryl methyl sites for hydroxylation is 1. The lowest BCUT2D eigenvalue weighted by Crippen LogP contribution is -2.49. The predicted molar refractivity (Wildman–Crippen MR) is 116 cm³/mol. The molecule has 1 fully saturated rings. The van der Waals surface area contributed by atoms with Crippen molar-refractivity contribution in [3.05, 3.63) is 53.6 Å². The molecule has 2 aliphatic heterocycles. The number of piperidine rings is 1. The minimum absolute atomic E-state index is 0.101. The van der Waals surface area contributed by atoms with Crippen molar-refractivity contribution in [2.24, 2.45) is 5.92 Å². The molecule has 0 saturated carbocycles. The fraction of sp³-hybridized carbons (Fsp3) is 0.391. The van der Waals surface area contributed by atoms with Gasteiger partial charge in [0.05, 0.1) is 5.92 Å². The second-order valence-electron chi connectivity index (χ2n) is 8.02. The second kappa shape index (κ2) is 8.15. The molecule has 2 aromatic carbocycles. The van der Waals surface area contributed by atoms with Gasteiger partial charge in [0.25, 0.3) is 0 Å². The molecule has 0 aliphatic carbocycles. The zero-order chi connectivity index (χ0) is 20.4. The third kappa shape index (κ3) is 4.06. The molecule has 1 saturated heterocycles. The van der Waals surface area contributed by atoms with Crippen molar-refractivity contribution >= 4 is 29.0 Å². The quantitative estimate of drug-likeness (QED) is 0.763. The van der Waals surface area contributed by atoms with Gasteiger partial charge in [-0.3, -0.25) is 4.79 Å². The van der Waals surface area contributed by atoms with Crippen LogP contribution in [-0.4, -0.2) is 36.5 Å². The van der Waals surface area contributed by atoms with Crippen molar-refractivity contribution < 1.29 is 9.59 Å². The van der Waals surface area contributed by atoms with Gasteiger partial charge in [0.2, 0.25) is 5.91 Å². The highest BCUT2D eigenvalue weighted by atomic mass is 16.2. The van der Waals surface area contributed by atoms with Crippen molar-refractivity contribution in [1.29, 1.82) is 0 Å². The van der Waals surface area contributed by atoms with Gasteiger partial charge < -0.3 is 20.9 Å². The lowest BCUT2D eigenvalue weighted by molar-refractivity contribution is -0.123. The first-order valence-corrected chi connectivity index (χ1v) is 10.3. The Morgan fingerprint density at radius 2 is 1.93 bits per heavy atom. The van der Waals surface area contributed by atoms with Crippen LogP contribution in [0.4, 0.5) is 21.9 Å². The third-order valence-electron chi connectivity index (χ3n) is 5.88. The molecular formula is C23H28N4O2. The van der Waals surface area contributed by atoms with Gasteiger partial charge in [-0.05, 0) is 68.0 Å². The normalized spacial score (nSPS) is 18.9. The van der Waals surface area contributed by atoms with Crippen molar-refractivity contribution in [1.82, 2.24) is 4.90 Å². The van der Waals surface area contributed by atoms with Crippen LogP contribution in [0.25, 0.3) is 0 Å². The molecular weight excluding hydrogens is 364 g/mol. The molecule has 152 valence electrons. The fourth-order valence-electron chi connectivity index (χ4n) is 4.39. The van der Waals surface area contributed by atoms with Crippen LogP contribution in [0.1, 0.15) is 30.4 Å². The van der Waals surface area contributed by atoms with Crippen LogP contribution in [0.15, 0.2) is 42.5 Å². The highest BCUT2D eigenvalue weighted by Gasteiger charge is 2.33. The van der Waals surface area contributed by atoms with Crippen LogP contribution < -0.4 is 16.0 Å². The van der Waals surface area contributed by atoms with Crippen molar-refractivity contribution in [3.63, 3.8) is 0 Å². The molecule has 1 atom stereocenters. The molecule has 0 spiro atoms. The van der Waals surface area contributed by atoms with E-state index in [2.05, 4.69) is 5.32 Å². The average Bonchev–Trinajstić information content (AvgIpc) is 2.73. The summed E-state index contributed by atoms with van der Waals surface area (Å²) in [4.78, 5) is 29.7. The summed E-state index contributed by atoms with van der Waals surface area (Å²) in [6, 6.07) is 13.4. The number of carbonyl (C=O) groups is 2. The standard InChI is InChI=1S/C23H28N4O2/c1-16-6-2-8-18(14-16)25-23(29)26-12-4-7-17(15-26)22(28)27-13-5-9-19-20(24)10-3-11-21(19)27/h2-3,6,8,10-11,14,17H,4-5,7,9,12-13,15,24H2,1H3,(H,25,29). The second-order valence-corrected chi connectivity index (χ2v) is 8.02. The Balaban J connectivity index is 1.45. The number of urea groups is 1. The smallest absolute Gasteiger partial charge is 0.321 e. The lowest BCUT2D eigenvalue weighted by Gasteiger charge is -2.37. The molecule has 29 heavy (non-hydrogen) atoms. The maximum Gasteiger partial charge on any atom is 0.321 e. The Morgan fingerprint density at radius 1 is 1.10 bits per heavy atom. The Kier molecular flexibility index (Phi) is 5.43. The van der Waals surface area contributed by atoms with E-state index in [0.717, 1.165) is 53.9 Å². The number of hydrogen-bond acceptors (Lipinski definition) is 3. The van der Waals surface area contributed by atoms with Crippen LogP contribution in [-0.2, 0) is 11.2 Å². The van der Waals surface area contributed by atoms with E-state index in [-0.39, 0.29) is 17.9 Å². The molecule has 2 heterocycles. The Morgan fingerprint density at radius 3 is 2.76 bits per heavy atom. The number of anilines is 3. The number of rotatable bonds is 2. The molecule has 3 amide bonds. The number of nitrogens with zero attached hydrogens (tertiary/aromatic N) is 2. The number of carbonyl (C=O) groups excluding carboxylic acids is 2. The SMILES string of the molecule is Cc1cccc(NC(=O)N2CCCC(C(=O)N3CCCc4c(N)cccc43)C2)c1. The van der Waals surface area contributed by atoms with E-state index in [1.54, 1.807) is 4.90 Å². The number of fused-ring (bicyclic) bond motifs is 1. The van der Waals surface area contributed by atoms with Crippen molar-refractivity contribution in [3.8, 4) is 0 Å². The monoisotopic (exact) mass is 392 g/mol. The summed E-state index contributed by atoms with van der Waals surface area (Å²) in [5, 5.41) is 2.96. The van der Waals surface area contributed by atoms with Crippen LogP contribution in [0.3, 0.4) is 0 Å². The number of hydrogen-bond donors (Lipinski definition) is 2. The van der Waals surface area contributed by atoms with Crippen molar-refractivity contribution in [2.75, 3.05) is 35.6 Å². The maximum absolute atomic E-state index is 13.3. The average molecular weight is 393 g/mol. The van der Waals surface area contributed by atoms with Crippen LogP contribution in [0.5, 0.6) is 0 Å². The van der Waals surface area contributed by atoms with Gasteiger partial charge in [0, 0.05) is 36.7 Å². The van der Waals surface area contributed by atoms with E-state index >= 15 is 0 Å². The molecule has 1 unspecified atom stereocenters. The summed E-state index contributed by atoms with van der Waals surface area (Å²) >= 11 is 0. The summed E-state index contributed by atoms with van der Waals surface area (Å²) in [6.07, 6.45) is 3.45. The van der Waals surface area contributed by atoms with E-state index in [9.17, 15) is 9.59 Å². The predicted octanol–water partition coefficient (Wildman–Crippen LogP) is 3.80. The molecule has 0 radical (unpaired) electrons. The van der Waals surface area contributed by atoms with E-state index in [1.807, 2.05) is 54.3 Å². The van der Waals surface area contributed by atoms with Crippen LogP contribution in [0, 0.1) is 12.8 Å². The Bertz CT molecular complexity index is 927.